The van der Waals surface area contributed by atoms with E-state index in [1.54, 1.807) is 4.90 Å². The van der Waals surface area contributed by atoms with E-state index >= 15 is 0 Å². The smallest absolute Gasteiger partial charge is 0.264 e. The lowest BCUT2D eigenvalue weighted by atomic mass is 10.1. The molecule has 0 spiro atoms. The van der Waals surface area contributed by atoms with E-state index in [2.05, 4.69) is 15.1 Å². The van der Waals surface area contributed by atoms with Crippen molar-refractivity contribution in [3.8, 4) is 11.3 Å². The topological polar surface area (TPSA) is 69.6 Å². The summed E-state index contributed by atoms with van der Waals surface area (Å²) in [4.78, 5) is 31.9. The van der Waals surface area contributed by atoms with Crippen LogP contribution in [0.1, 0.15) is 23.0 Å². The van der Waals surface area contributed by atoms with Gasteiger partial charge in [-0.1, -0.05) is 43.3 Å². The fourth-order valence-corrected chi connectivity index (χ4v) is 4.47. The van der Waals surface area contributed by atoms with Crippen molar-refractivity contribution in [3.63, 3.8) is 0 Å². The lowest BCUT2D eigenvalue weighted by Crippen LogP contribution is -2.52. The quantitative estimate of drug-likeness (QED) is 0.553. The van der Waals surface area contributed by atoms with Gasteiger partial charge in [-0.3, -0.25) is 9.59 Å². The van der Waals surface area contributed by atoms with Crippen molar-refractivity contribution in [2.24, 2.45) is 0 Å². The molecule has 0 unspecified atom stereocenters. The van der Waals surface area contributed by atoms with Gasteiger partial charge in [-0.2, -0.15) is 0 Å². The summed E-state index contributed by atoms with van der Waals surface area (Å²) in [6.07, 6.45) is 0.815. The molecule has 3 heterocycles. The SMILES string of the molecule is CCCN(CC(=O)N1CCN(c2ccc(-c3ccccc3)nn2)CC1)C(=O)c1cccs1. The minimum atomic E-state index is -0.0670. The van der Waals surface area contributed by atoms with Crippen LogP contribution in [0.15, 0.2) is 60.0 Å². The van der Waals surface area contributed by atoms with E-state index in [1.165, 1.54) is 11.3 Å². The second kappa shape index (κ2) is 10.4. The molecule has 2 aromatic heterocycles. The number of piperazine rings is 1. The maximum atomic E-state index is 12.9. The van der Waals surface area contributed by atoms with E-state index in [0.717, 1.165) is 23.5 Å². The summed E-state index contributed by atoms with van der Waals surface area (Å²) in [5.74, 6) is 0.744. The Bertz CT molecular complexity index is 1020. The molecule has 1 aliphatic rings. The molecule has 1 aliphatic heterocycles. The van der Waals surface area contributed by atoms with Gasteiger partial charge in [-0.05, 0) is 30.0 Å². The molecule has 1 saturated heterocycles. The number of hydrogen-bond donors (Lipinski definition) is 0. The largest absolute Gasteiger partial charge is 0.352 e. The van der Waals surface area contributed by atoms with E-state index in [0.29, 0.717) is 37.6 Å². The van der Waals surface area contributed by atoms with Gasteiger partial charge < -0.3 is 14.7 Å². The Labute approximate surface area is 192 Å². The first-order chi connectivity index (χ1) is 15.7. The van der Waals surface area contributed by atoms with Gasteiger partial charge in [0.25, 0.3) is 5.91 Å². The minimum absolute atomic E-state index is 0.00600. The zero-order chi connectivity index (χ0) is 22.3. The minimum Gasteiger partial charge on any atom is -0.352 e. The van der Waals surface area contributed by atoms with Crippen LogP contribution in [0.5, 0.6) is 0 Å². The van der Waals surface area contributed by atoms with Crippen LogP contribution in [-0.2, 0) is 4.79 Å². The lowest BCUT2D eigenvalue weighted by molar-refractivity contribution is -0.132. The summed E-state index contributed by atoms with van der Waals surface area (Å²) in [5.41, 5.74) is 1.88. The monoisotopic (exact) mass is 449 g/mol. The number of benzene rings is 1. The molecule has 0 atom stereocenters. The number of aromatic nitrogens is 2. The zero-order valence-electron chi connectivity index (χ0n) is 18.2. The normalized spacial score (nSPS) is 13.8. The molecule has 0 N–H and O–H groups in total. The first-order valence-corrected chi connectivity index (χ1v) is 11.8. The van der Waals surface area contributed by atoms with Gasteiger partial charge in [-0.15, -0.1) is 21.5 Å². The van der Waals surface area contributed by atoms with Crippen LogP contribution in [0.4, 0.5) is 5.82 Å². The standard InChI is InChI=1S/C24H27N5O2S/c1-2-12-29(24(31)21-9-6-17-32-21)18-23(30)28-15-13-27(14-16-28)22-11-10-20(25-26-22)19-7-4-3-5-8-19/h3-11,17H,2,12-16,18H2,1H3. The number of nitrogens with zero attached hydrogens (tertiary/aromatic N) is 5. The molecular formula is C24H27N5O2S. The molecular weight excluding hydrogens is 422 g/mol. The van der Waals surface area contributed by atoms with Gasteiger partial charge in [-0.25, -0.2) is 0 Å². The van der Waals surface area contributed by atoms with Crippen molar-refractivity contribution in [1.82, 2.24) is 20.0 Å². The van der Waals surface area contributed by atoms with E-state index in [-0.39, 0.29) is 18.4 Å². The highest BCUT2D eigenvalue weighted by atomic mass is 32.1. The molecule has 32 heavy (non-hydrogen) atoms. The van der Waals surface area contributed by atoms with Crippen LogP contribution in [0, 0.1) is 0 Å². The van der Waals surface area contributed by atoms with E-state index in [1.807, 2.05) is 71.8 Å². The molecule has 0 aliphatic carbocycles. The zero-order valence-corrected chi connectivity index (χ0v) is 19.0. The number of hydrogen-bond acceptors (Lipinski definition) is 6. The molecule has 0 saturated carbocycles. The van der Waals surface area contributed by atoms with Crippen LogP contribution < -0.4 is 4.90 Å². The van der Waals surface area contributed by atoms with Crippen LogP contribution in [0.3, 0.4) is 0 Å². The molecule has 3 aromatic rings. The summed E-state index contributed by atoms with van der Waals surface area (Å²) in [7, 11) is 0. The summed E-state index contributed by atoms with van der Waals surface area (Å²) in [5, 5.41) is 10.6. The second-order valence-electron chi connectivity index (χ2n) is 7.71. The lowest BCUT2D eigenvalue weighted by Gasteiger charge is -2.36. The Morgan fingerprint density at radius 2 is 1.75 bits per heavy atom. The first-order valence-electron chi connectivity index (χ1n) is 10.9. The van der Waals surface area contributed by atoms with E-state index in [4.69, 9.17) is 0 Å². The van der Waals surface area contributed by atoms with Gasteiger partial charge in [0, 0.05) is 38.3 Å². The summed E-state index contributed by atoms with van der Waals surface area (Å²) in [6, 6.07) is 17.6. The Kier molecular flexibility index (Phi) is 7.11. The Balaban J connectivity index is 1.32. The Morgan fingerprint density at radius 1 is 0.969 bits per heavy atom. The van der Waals surface area contributed by atoms with E-state index < -0.39 is 0 Å². The number of thiophene rings is 1. The van der Waals surface area contributed by atoms with Crippen LogP contribution >= 0.6 is 11.3 Å². The van der Waals surface area contributed by atoms with Crippen LogP contribution in [0.25, 0.3) is 11.3 Å². The molecule has 166 valence electrons. The van der Waals surface area contributed by atoms with Gasteiger partial charge in [0.15, 0.2) is 5.82 Å². The van der Waals surface area contributed by atoms with Crippen LogP contribution in [0.2, 0.25) is 0 Å². The fraction of sp³-hybridized carbons (Fsp3) is 0.333. The third-order valence-electron chi connectivity index (χ3n) is 5.52. The Hall–Kier alpha value is -3.26. The highest BCUT2D eigenvalue weighted by molar-refractivity contribution is 7.12. The number of carbonyl (C=O) groups excluding carboxylic acids is 2. The van der Waals surface area contributed by atoms with E-state index in [9.17, 15) is 9.59 Å². The predicted molar refractivity (Wildman–Crippen MR) is 127 cm³/mol. The van der Waals surface area contributed by atoms with Gasteiger partial charge in [0.05, 0.1) is 10.6 Å². The number of amides is 2. The number of anilines is 1. The number of rotatable bonds is 7. The third kappa shape index (κ3) is 5.13. The van der Waals surface area contributed by atoms with Gasteiger partial charge in [0.1, 0.15) is 6.54 Å². The molecule has 4 rings (SSSR count). The molecule has 0 radical (unpaired) electrons. The summed E-state index contributed by atoms with van der Waals surface area (Å²) >= 11 is 1.41. The average molecular weight is 450 g/mol. The average Bonchev–Trinajstić information content (AvgIpc) is 3.39. The maximum Gasteiger partial charge on any atom is 0.264 e. The molecule has 1 fully saturated rings. The second-order valence-corrected chi connectivity index (χ2v) is 8.66. The summed E-state index contributed by atoms with van der Waals surface area (Å²) in [6.45, 7) is 5.31. The summed E-state index contributed by atoms with van der Waals surface area (Å²) < 4.78 is 0. The first kappa shape index (κ1) is 22.0. The fourth-order valence-electron chi connectivity index (χ4n) is 3.78. The molecule has 0 bridgehead atoms. The van der Waals surface area contributed by atoms with Gasteiger partial charge >= 0.3 is 0 Å². The molecule has 1 aromatic carbocycles. The van der Waals surface area contributed by atoms with Crippen molar-refractivity contribution in [2.75, 3.05) is 44.2 Å². The van der Waals surface area contributed by atoms with Crippen molar-refractivity contribution >= 4 is 29.0 Å². The Morgan fingerprint density at radius 3 is 2.38 bits per heavy atom. The van der Waals surface area contributed by atoms with Crippen LogP contribution in [-0.4, -0.2) is 71.1 Å². The highest BCUT2D eigenvalue weighted by Crippen LogP contribution is 2.19. The molecule has 8 heteroatoms. The van der Waals surface area contributed by atoms with Crippen molar-refractivity contribution < 1.29 is 9.59 Å². The maximum absolute atomic E-state index is 12.9. The van der Waals surface area contributed by atoms with Crippen molar-refractivity contribution in [2.45, 2.75) is 13.3 Å². The molecule has 7 nitrogen and oxygen atoms in total. The number of carbonyl (C=O) groups is 2. The van der Waals surface area contributed by atoms with Gasteiger partial charge in [0.2, 0.25) is 5.91 Å². The van der Waals surface area contributed by atoms with Crippen molar-refractivity contribution in [1.29, 1.82) is 0 Å². The highest BCUT2D eigenvalue weighted by Gasteiger charge is 2.26. The molecule has 2 amide bonds. The van der Waals surface area contributed by atoms with Crippen molar-refractivity contribution in [3.05, 3.63) is 64.9 Å². The third-order valence-corrected chi connectivity index (χ3v) is 6.37. The predicted octanol–water partition coefficient (Wildman–Crippen LogP) is 3.41.